The molecule has 1 atom stereocenters. The van der Waals surface area contributed by atoms with E-state index in [4.69, 9.17) is 4.74 Å². The minimum absolute atomic E-state index is 0.0482. The van der Waals surface area contributed by atoms with E-state index in [9.17, 15) is 9.59 Å². The maximum atomic E-state index is 13.0. The summed E-state index contributed by atoms with van der Waals surface area (Å²) in [7, 11) is 0. The predicted molar refractivity (Wildman–Crippen MR) is 110 cm³/mol. The van der Waals surface area contributed by atoms with E-state index in [1.807, 2.05) is 28.0 Å². The number of rotatable bonds is 3. The van der Waals surface area contributed by atoms with E-state index in [2.05, 4.69) is 12.1 Å². The van der Waals surface area contributed by atoms with Crippen molar-refractivity contribution in [2.24, 2.45) is 5.41 Å². The van der Waals surface area contributed by atoms with Gasteiger partial charge in [0.2, 0.25) is 5.91 Å². The summed E-state index contributed by atoms with van der Waals surface area (Å²) in [5, 5.41) is 1.13. The zero-order valence-corrected chi connectivity index (χ0v) is 16.9. The van der Waals surface area contributed by atoms with E-state index in [1.165, 1.54) is 0 Å². The van der Waals surface area contributed by atoms with Gasteiger partial charge >= 0.3 is 0 Å². The van der Waals surface area contributed by atoms with Crippen molar-refractivity contribution in [1.82, 2.24) is 9.80 Å². The van der Waals surface area contributed by atoms with Gasteiger partial charge in [0.25, 0.3) is 5.91 Å². The summed E-state index contributed by atoms with van der Waals surface area (Å²) in [5.41, 5.74) is 0.0482. The van der Waals surface area contributed by atoms with Gasteiger partial charge in [-0.2, -0.15) is 0 Å². The topological polar surface area (TPSA) is 49.9 Å². The normalized spacial score (nSPS) is 24.6. The molecule has 28 heavy (non-hydrogen) atoms. The highest BCUT2D eigenvalue weighted by Crippen LogP contribution is 2.42. The Hall–Kier alpha value is -1.92. The lowest BCUT2D eigenvalue weighted by Crippen LogP contribution is -2.44. The predicted octanol–water partition coefficient (Wildman–Crippen LogP) is 3.54. The molecular formula is C22H26N2O3S. The average Bonchev–Trinajstić information content (AvgIpc) is 3.42. The standard InChI is InChI=1S/C22H26N2O3S/c25-20-13-22(15-24(20)14-17-5-3-11-27-17)7-9-23(10-8-22)21(26)19-12-16-4-1-2-6-18(16)28-19/h1-2,4,6,12,17H,3,5,7-11,13-15H2. The number of benzene rings is 1. The quantitative estimate of drug-likeness (QED) is 0.795. The van der Waals surface area contributed by atoms with Gasteiger partial charge in [0, 0.05) is 49.3 Å². The Kier molecular flexibility index (Phi) is 4.63. The highest BCUT2D eigenvalue weighted by molar-refractivity contribution is 7.20. The fraction of sp³-hybridized carbons (Fsp3) is 0.545. The van der Waals surface area contributed by atoms with Crippen LogP contribution in [0.15, 0.2) is 30.3 Å². The molecule has 5 nitrogen and oxygen atoms in total. The number of carbonyl (C=O) groups excluding carboxylic acids is 2. The van der Waals surface area contributed by atoms with E-state index in [1.54, 1.807) is 11.3 Å². The number of hydrogen-bond acceptors (Lipinski definition) is 4. The highest BCUT2D eigenvalue weighted by Gasteiger charge is 2.46. The number of nitrogens with zero attached hydrogens (tertiary/aromatic N) is 2. The lowest BCUT2D eigenvalue weighted by atomic mass is 9.77. The summed E-state index contributed by atoms with van der Waals surface area (Å²) in [6.45, 7) is 3.89. The molecule has 6 heteroatoms. The van der Waals surface area contributed by atoms with Crippen LogP contribution >= 0.6 is 11.3 Å². The van der Waals surface area contributed by atoms with Crippen molar-refractivity contribution in [2.75, 3.05) is 32.8 Å². The molecule has 0 radical (unpaired) electrons. The van der Waals surface area contributed by atoms with Gasteiger partial charge in [0.05, 0.1) is 11.0 Å². The molecule has 2 aromatic rings. The molecule has 0 aliphatic carbocycles. The van der Waals surface area contributed by atoms with E-state index in [0.717, 1.165) is 73.4 Å². The van der Waals surface area contributed by atoms with Crippen LogP contribution in [0.3, 0.4) is 0 Å². The van der Waals surface area contributed by atoms with Gasteiger partial charge in [-0.05, 0) is 43.2 Å². The molecule has 1 unspecified atom stereocenters. The number of fused-ring (bicyclic) bond motifs is 1. The van der Waals surface area contributed by atoms with Gasteiger partial charge in [0.1, 0.15) is 0 Å². The minimum Gasteiger partial charge on any atom is -0.376 e. The first-order valence-corrected chi connectivity index (χ1v) is 11.1. The Bertz CT molecular complexity index is 861. The molecule has 3 aliphatic rings. The third-order valence-corrected chi connectivity index (χ3v) is 7.70. The van der Waals surface area contributed by atoms with E-state index in [0.29, 0.717) is 6.42 Å². The maximum absolute atomic E-state index is 13.0. The monoisotopic (exact) mass is 398 g/mol. The molecule has 0 bridgehead atoms. The molecule has 3 fully saturated rings. The SMILES string of the molecule is O=C1CC2(CCN(C(=O)c3cc4ccccc4s3)CC2)CN1CC1CCCO1. The van der Waals surface area contributed by atoms with Crippen molar-refractivity contribution < 1.29 is 14.3 Å². The lowest BCUT2D eigenvalue weighted by Gasteiger charge is -2.38. The number of thiophene rings is 1. The molecule has 1 spiro atoms. The molecule has 0 N–H and O–H groups in total. The first-order valence-electron chi connectivity index (χ1n) is 10.3. The van der Waals surface area contributed by atoms with Gasteiger partial charge in [0.15, 0.2) is 0 Å². The Morgan fingerprint density at radius 3 is 2.82 bits per heavy atom. The Labute approximate surface area is 169 Å². The Balaban J connectivity index is 1.22. The van der Waals surface area contributed by atoms with Crippen LogP contribution in [0.25, 0.3) is 10.1 Å². The number of carbonyl (C=O) groups is 2. The van der Waals surface area contributed by atoms with Crippen LogP contribution < -0.4 is 0 Å². The van der Waals surface area contributed by atoms with Crippen molar-refractivity contribution in [3.63, 3.8) is 0 Å². The van der Waals surface area contributed by atoms with Crippen molar-refractivity contribution >= 4 is 33.2 Å². The van der Waals surface area contributed by atoms with Crippen LogP contribution in [0.2, 0.25) is 0 Å². The smallest absolute Gasteiger partial charge is 0.263 e. The van der Waals surface area contributed by atoms with Gasteiger partial charge in [-0.1, -0.05) is 18.2 Å². The van der Waals surface area contributed by atoms with Crippen molar-refractivity contribution in [3.8, 4) is 0 Å². The van der Waals surface area contributed by atoms with E-state index >= 15 is 0 Å². The van der Waals surface area contributed by atoms with Crippen LogP contribution in [0.5, 0.6) is 0 Å². The maximum Gasteiger partial charge on any atom is 0.263 e. The molecule has 1 aromatic heterocycles. The average molecular weight is 399 g/mol. The first kappa shape index (κ1) is 18.1. The molecule has 3 aliphatic heterocycles. The Morgan fingerprint density at radius 1 is 1.25 bits per heavy atom. The molecule has 4 heterocycles. The van der Waals surface area contributed by atoms with Crippen molar-refractivity contribution in [3.05, 3.63) is 35.2 Å². The van der Waals surface area contributed by atoms with Crippen LogP contribution in [-0.4, -0.2) is 60.5 Å². The second kappa shape index (κ2) is 7.16. The van der Waals surface area contributed by atoms with E-state index < -0.39 is 0 Å². The van der Waals surface area contributed by atoms with E-state index in [-0.39, 0.29) is 23.3 Å². The second-order valence-corrected chi connectivity index (χ2v) is 9.61. The fourth-order valence-corrected chi connectivity index (χ4v) is 5.97. The zero-order valence-electron chi connectivity index (χ0n) is 16.1. The number of hydrogen-bond donors (Lipinski definition) is 0. The summed E-state index contributed by atoms with van der Waals surface area (Å²) in [6, 6.07) is 10.1. The number of amides is 2. The van der Waals surface area contributed by atoms with Crippen molar-refractivity contribution in [1.29, 1.82) is 0 Å². The molecule has 5 rings (SSSR count). The molecule has 0 saturated carbocycles. The number of ether oxygens (including phenoxy) is 1. The summed E-state index contributed by atoms with van der Waals surface area (Å²) < 4.78 is 6.87. The number of piperidine rings is 1. The van der Waals surface area contributed by atoms with Gasteiger partial charge < -0.3 is 14.5 Å². The third-order valence-electron chi connectivity index (χ3n) is 6.60. The van der Waals surface area contributed by atoms with Crippen molar-refractivity contribution in [2.45, 2.75) is 38.2 Å². The van der Waals surface area contributed by atoms with Crippen LogP contribution in [0, 0.1) is 5.41 Å². The number of likely N-dealkylation sites (tertiary alicyclic amines) is 2. The lowest BCUT2D eigenvalue weighted by molar-refractivity contribution is -0.129. The minimum atomic E-state index is 0.0482. The summed E-state index contributed by atoms with van der Waals surface area (Å²) >= 11 is 1.57. The summed E-state index contributed by atoms with van der Waals surface area (Å²) in [6.07, 6.45) is 4.84. The van der Waals surface area contributed by atoms with Gasteiger partial charge in [-0.3, -0.25) is 9.59 Å². The molecule has 1 aromatic carbocycles. The molecule has 2 amide bonds. The van der Waals surface area contributed by atoms with Crippen LogP contribution in [-0.2, 0) is 9.53 Å². The van der Waals surface area contributed by atoms with Gasteiger partial charge in [-0.25, -0.2) is 0 Å². The fourth-order valence-electron chi connectivity index (χ4n) is 4.94. The van der Waals surface area contributed by atoms with Crippen LogP contribution in [0.4, 0.5) is 0 Å². The largest absolute Gasteiger partial charge is 0.376 e. The molecule has 148 valence electrons. The zero-order chi connectivity index (χ0) is 19.1. The molecule has 3 saturated heterocycles. The third kappa shape index (κ3) is 3.33. The van der Waals surface area contributed by atoms with Gasteiger partial charge in [-0.15, -0.1) is 11.3 Å². The summed E-state index contributed by atoms with van der Waals surface area (Å²) in [5.74, 6) is 0.399. The highest BCUT2D eigenvalue weighted by atomic mass is 32.1. The second-order valence-electron chi connectivity index (χ2n) is 8.53. The first-order chi connectivity index (χ1) is 13.6. The molecular weight excluding hydrogens is 372 g/mol. The Morgan fingerprint density at radius 2 is 2.07 bits per heavy atom. The summed E-state index contributed by atoms with van der Waals surface area (Å²) in [4.78, 5) is 30.3. The van der Waals surface area contributed by atoms with Crippen LogP contribution in [0.1, 0.15) is 41.8 Å².